The summed E-state index contributed by atoms with van der Waals surface area (Å²) < 4.78 is 14.3. The summed E-state index contributed by atoms with van der Waals surface area (Å²) in [6, 6.07) is 6.26. The second-order valence-electron chi connectivity index (χ2n) is 5.27. The van der Waals surface area contributed by atoms with E-state index in [0.717, 1.165) is 36.2 Å². The molecule has 0 radical (unpaired) electrons. The number of piperazine rings is 1. The van der Waals surface area contributed by atoms with Crippen LogP contribution < -0.4 is 10.5 Å². The molecule has 0 spiro atoms. The zero-order valence-corrected chi connectivity index (χ0v) is 13.5. The number of rotatable bonds is 3. The fraction of sp³-hybridized carbons (Fsp3) is 0.333. The van der Waals surface area contributed by atoms with Crippen molar-refractivity contribution in [1.29, 1.82) is 0 Å². The molecule has 2 aromatic rings. The first kappa shape index (κ1) is 15.2. The van der Waals surface area contributed by atoms with E-state index in [1.807, 2.05) is 0 Å². The highest BCUT2D eigenvalue weighted by Crippen LogP contribution is 2.20. The minimum Gasteiger partial charge on any atom is -0.354 e. The van der Waals surface area contributed by atoms with Crippen molar-refractivity contribution in [3.05, 3.63) is 56.8 Å². The standard InChI is InChI=1S/C15H16BrFN4O/c16-13-2-1-12(17)7-11(13)9-20-3-5-21(6-4-20)14-8-15(22)19-10-18-14/h1-2,7-8,10H,3-6,9H2,(H,18,19,22). The molecule has 1 aliphatic heterocycles. The Morgan fingerprint density at radius 2 is 2.00 bits per heavy atom. The molecule has 0 unspecified atom stereocenters. The van der Waals surface area contributed by atoms with Crippen LogP contribution in [0, 0.1) is 5.82 Å². The van der Waals surface area contributed by atoms with Gasteiger partial charge >= 0.3 is 0 Å². The van der Waals surface area contributed by atoms with Crippen LogP contribution in [-0.4, -0.2) is 41.0 Å². The zero-order valence-electron chi connectivity index (χ0n) is 11.9. The summed E-state index contributed by atoms with van der Waals surface area (Å²) in [7, 11) is 0. The lowest BCUT2D eigenvalue weighted by Gasteiger charge is -2.35. The van der Waals surface area contributed by atoms with Gasteiger partial charge in [-0.1, -0.05) is 15.9 Å². The van der Waals surface area contributed by atoms with E-state index in [-0.39, 0.29) is 11.4 Å². The quantitative estimate of drug-likeness (QED) is 0.902. The summed E-state index contributed by atoms with van der Waals surface area (Å²) in [5.74, 6) is 0.486. The number of aromatic nitrogens is 2. The molecule has 3 rings (SSSR count). The number of anilines is 1. The van der Waals surface area contributed by atoms with Gasteiger partial charge in [-0.3, -0.25) is 9.69 Å². The fourth-order valence-electron chi connectivity index (χ4n) is 2.57. The first-order valence-corrected chi connectivity index (χ1v) is 7.87. The van der Waals surface area contributed by atoms with Crippen molar-refractivity contribution in [2.75, 3.05) is 31.1 Å². The molecule has 7 heteroatoms. The molecule has 1 aromatic heterocycles. The van der Waals surface area contributed by atoms with Gasteiger partial charge in [0.25, 0.3) is 5.56 Å². The molecule has 0 atom stereocenters. The molecule has 0 saturated carbocycles. The predicted octanol–water partition coefficient (Wildman–Crippen LogP) is 1.99. The second-order valence-corrected chi connectivity index (χ2v) is 6.12. The molecule has 1 N–H and O–H groups in total. The van der Waals surface area contributed by atoms with E-state index in [1.54, 1.807) is 12.1 Å². The number of nitrogens with zero attached hydrogens (tertiary/aromatic N) is 3. The van der Waals surface area contributed by atoms with Gasteiger partial charge in [-0.2, -0.15) is 0 Å². The minimum absolute atomic E-state index is 0.142. The molecule has 1 saturated heterocycles. The van der Waals surface area contributed by atoms with Crippen molar-refractivity contribution in [2.45, 2.75) is 6.54 Å². The van der Waals surface area contributed by atoms with Crippen LogP contribution in [-0.2, 0) is 6.54 Å². The van der Waals surface area contributed by atoms with Crippen LogP contribution in [0.15, 0.2) is 39.9 Å². The maximum absolute atomic E-state index is 13.3. The third-order valence-corrected chi connectivity index (χ3v) is 4.54. The lowest BCUT2D eigenvalue weighted by molar-refractivity contribution is 0.248. The van der Waals surface area contributed by atoms with E-state index in [2.05, 4.69) is 35.7 Å². The van der Waals surface area contributed by atoms with Crippen LogP contribution in [0.3, 0.4) is 0 Å². The molecule has 116 valence electrons. The first-order chi connectivity index (χ1) is 10.6. The SMILES string of the molecule is O=c1cc(N2CCN(Cc3cc(F)ccc3Br)CC2)nc[nH]1. The summed E-state index contributed by atoms with van der Waals surface area (Å²) >= 11 is 3.46. The highest BCUT2D eigenvalue weighted by atomic mass is 79.9. The van der Waals surface area contributed by atoms with Gasteiger partial charge in [0, 0.05) is 43.3 Å². The monoisotopic (exact) mass is 366 g/mol. The lowest BCUT2D eigenvalue weighted by atomic mass is 10.2. The second kappa shape index (κ2) is 6.58. The molecule has 22 heavy (non-hydrogen) atoms. The van der Waals surface area contributed by atoms with Crippen LogP contribution in [0.5, 0.6) is 0 Å². The molecule has 0 amide bonds. The van der Waals surface area contributed by atoms with Crippen molar-refractivity contribution in [1.82, 2.24) is 14.9 Å². The van der Waals surface area contributed by atoms with Crippen LogP contribution in [0.2, 0.25) is 0 Å². The smallest absolute Gasteiger partial charge is 0.252 e. The van der Waals surface area contributed by atoms with Gasteiger partial charge in [-0.25, -0.2) is 9.37 Å². The van der Waals surface area contributed by atoms with Gasteiger partial charge in [0.2, 0.25) is 0 Å². The topological polar surface area (TPSA) is 52.2 Å². The Labute approximate surface area is 135 Å². The molecule has 1 fully saturated rings. The van der Waals surface area contributed by atoms with Crippen molar-refractivity contribution < 1.29 is 4.39 Å². The van der Waals surface area contributed by atoms with Gasteiger partial charge in [-0.15, -0.1) is 0 Å². The van der Waals surface area contributed by atoms with E-state index in [9.17, 15) is 9.18 Å². The first-order valence-electron chi connectivity index (χ1n) is 7.08. The Morgan fingerprint density at radius 1 is 1.23 bits per heavy atom. The summed E-state index contributed by atoms with van der Waals surface area (Å²) in [6.07, 6.45) is 1.42. The molecule has 5 nitrogen and oxygen atoms in total. The van der Waals surface area contributed by atoms with Crippen molar-refractivity contribution >= 4 is 21.7 Å². The number of benzene rings is 1. The van der Waals surface area contributed by atoms with Gasteiger partial charge in [0.05, 0.1) is 6.33 Å². The Morgan fingerprint density at radius 3 is 2.73 bits per heavy atom. The lowest BCUT2D eigenvalue weighted by Crippen LogP contribution is -2.46. The third-order valence-electron chi connectivity index (χ3n) is 3.76. The normalized spacial score (nSPS) is 16.0. The maximum atomic E-state index is 13.3. The number of nitrogens with one attached hydrogen (secondary N) is 1. The van der Waals surface area contributed by atoms with Crippen LogP contribution >= 0.6 is 15.9 Å². The summed E-state index contributed by atoms with van der Waals surface area (Å²) in [4.78, 5) is 22.4. The molecule has 1 aromatic carbocycles. The highest BCUT2D eigenvalue weighted by Gasteiger charge is 2.19. The minimum atomic E-state index is -0.218. The van der Waals surface area contributed by atoms with Crippen molar-refractivity contribution in [3.63, 3.8) is 0 Å². The average Bonchev–Trinajstić information content (AvgIpc) is 2.52. The van der Waals surface area contributed by atoms with E-state index in [0.29, 0.717) is 12.4 Å². The Bertz CT molecular complexity index is 713. The van der Waals surface area contributed by atoms with E-state index in [1.165, 1.54) is 18.5 Å². The van der Waals surface area contributed by atoms with Gasteiger partial charge in [0.15, 0.2) is 0 Å². The van der Waals surface area contributed by atoms with Crippen molar-refractivity contribution in [3.8, 4) is 0 Å². The Balaban J connectivity index is 1.62. The number of hydrogen-bond donors (Lipinski definition) is 1. The number of halogens is 2. The van der Waals surface area contributed by atoms with Crippen LogP contribution in [0.1, 0.15) is 5.56 Å². The predicted molar refractivity (Wildman–Crippen MR) is 86.4 cm³/mol. The average molecular weight is 367 g/mol. The highest BCUT2D eigenvalue weighted by molar-refractivity contribution is 9.10. The largest absolute Gasteiger partial charge is 0.354 e. The van der Waals surface area contributed by atoms with E-state index >= 15 is 0 Å². The molecule has 1 aliphatic rings. The third kappa shape index (κ3) is 3.53. The molecule has 2 heterocycles. The van der Waals surface area contributed by atoms with Crippen LogP contribution in [0.4, 0.5) is 10.2 Å². The van der Waals surface area contributed by atoms with Gasteiger partial charge in [0.1, 0.15) is 11.6 Å². The number of aromatic amines is 1. The maximum Gasteiger partial charge on any atom is 0.252 e. The molecule has 0 bridgehead atoms. The molecule has 0 aliphatic carbocycles. The molecular formula is C15H16BrFN4O. The summed E-state index contributed by atoms with van der Waals surface area (Å²) in [6.45, 7) is 3.98. The van der Waals surface area contributed by atoms with Crippen molar-refractivity contribution in [2.24, 2.45) is 0 Å². The van der Waals surface area contributed by atoms with E-state index in [4.69, 9.17) is 0 Å². The summed E-state index contributed by atoms with van der Waals surface area (Å²) in [5, 5.41) is 0. The summed E-state index contributed by atoms with van der Waals surface area (Å²) in [5.41, 5.74) is 0.804. The Kier molecular flexibility index (Phi) is 4.54. The van der Waals surface area contributed by atoms with E-state index < -0.39 is 0 Å². The zero-order chi connectivity index (χ0) is 15.5. The number of H-pyrrole nitrogens is 1. The fourth-order valence-corrected chi connectivity index (χ4v) is 2.94. The van der Waals surface area contributed by atoms with Gasteiger partial charge in [-0.05, 0) is 23.8 Å². The molecular weight excluding hydrogens is 351 g/mol. The number of hydrogen-bond acceptors (Lipinski definition) is 4. The Hall–Kier alpha value is -1.73. The van der Waals surface area contributed by atoms with Crippen LogP contribution in [0.25, 0.3) is 0 Å². The van der Waals surface area contributed by atoms with Gasteiger partial charge < -0.3 is 9.88 Å².